The van der Waals surface area contributed by atoms with Crippen LogP contribution in [0.2, 0.25) is 5.04 Å². The number of likely N-dealkylation sites (tertiary alicyclic amines) is 1. The molecule has 1 aromatic heterocycles. The first-order valence-electron chi connectivity index (χ1n) is 20.4. The molecule has 57 heavy (non-hydrogen) atoms. The maximum Gasteiger partial charge on any atom is 0.261 e. The number of imide groups is 1. The fraction of sp³-hybridized carbons (Fsp3) is 0.327. The van der Waals surface area contributed by atoms with Crippen LogP contribution in [0.15, 0.2) is 133 Å². The highest BCUT2D eigenvalue weighted by molar-refractivity contribution is 6.99. The van der Waals surface area contributed by atoms with Gasteiger partial charge in [0.25, 0.3) is 8.32 Å². The number of hydrogen-bond donors (Lipinski definition) is 1. The number of nitrogens with zero attached hydrogens (tertiary/aromatic N) is 2. The average molecular weight is 777 g/mol. The van der Waals surface area contributed by atoms with E-state index in [9.17, 15) is 14.7 Å². The number of fused-ring (bicyclic) bond motifs is 4. The summed E-state index contributed by atoms with van der Waals surface area (Å²) in [5, 5.41) is 14.6. The van der Waals surface area contributed by atoms with Gasteiger partial charge in [-0.1, -0.05) is 125 Å². The molecule has 2 fully saturated rings. The van der Waals surface area contributed by atoms with Crippen molar-refractivity contribution in [3.63, 3.8) is 0 Å². The van der Waals surface area contributed by atoms with Crippen molar-refractivity contribution in [2.45, 2.75) is 64.5 Å². The summed E-state index contributed by atoms with van der Waals surface area (Å²) >= 11 is 0. The third kappa shape index (κ3) is 7.09. The number of hydrogen-bond acceptors (Lipinski definition) is 6. The van der Waals surface area contributed by atoms with Crippen LogP contribution in [0.4, 0.5) is 0 Å². The van der Waals surface area contributed by atoms with Crippen molar-refractivity contribution < 1.29 is 23.9 Å². The van der Waals surface area contributed by atoms with Crippen molar-refractivity contribution in [2.24, 2.45) is 17.8 Å². The van der Waals surface area contributed by atoms with Crippen molar-refractivity contribution in [1.82, 2.24) is 9.88 Å². The molecule has 1 aliphatic carbocycles. The second-order valence-corrected chi connectivity index (χ2v) is 21.1. The molecule has 7 nitrogen and oxygen atoms in total. The Bertz CT molecular complexity index is 2280. The van der Waals surface area contributed by atoms with Crippen molar-refractivity contribution in [2.75, 3.05) is 19.8 Å². The van der Waals surface area contributed by atoms with E-state index in [0.29, 0.717) is 39.0 Å². The molecule has 8 heteroatoms. The summed E-state index contributed by atoms with van der Waals surface area (Å²) in [6, 6.07) is 38.8. The number of phenolic OH excluding ortho intramolecular Hbond substituents is 1. The van der Waals surface area contributed by atoms with Crippen molar-refractivity contribution >= 4 is 52.9 Å². The highest BCUT2D eigenvalue weighted by Crippen LogP contribution is 2.51. The van der Waals surface area contributed by atoms with E-state index in [-0.39, 0.29) is 34.6 Å². The van der Waals surface area contributed by atoms with E-state index >= 15 is 0 Å². The summed E-state index contributed by atoms with van der Waals surface area (Å²) in [6.07, 6.45) is 6.29. The number of carbonyl (C=O) groups is 2. The molecule has 8 rings (SSSR count). The SMILES string of the molecule is CCCN1C(=O)[C@@H]2[C@@H](CC(CO[Si](c3ccccc3)(c3ccccc3)C(C)(C)C)=C3[C@@H](CC/C(=C/c4ccc(O)c5ccccc45)c4ccccn4)OC[C@@H]32)C1=O. The molecule has 3 aliphatic rings. The molecule has 3 heterocycles. The number of pyridine rings is 1. The van der Waals surface area contributed by atoms with Crippen molar-refractivity contribution in [1.29, 1.82) is 0 Å². The van der Waals surface area contributed by atoms with E-state index in [1.165, 1.54) is 15.3 Å². The van der Waals surface area contributed by atoms with Gasteiger partial charge in [0.2, 0.25) is 11.8 Å². The normalized spacial score (nSPS) is 21.3. The van der Waals surface area contributed by atoms with Crippen LogP contribution in [-0.2, 0) is 18.8 Å². The number of benzene rings is 4. The average Bonchev–Trinajstić information content (AvgIpc) is 3.76. The fourth-order valence-corrected chi connectivity index (χ4v) is 14.4. The Balaban J connectivity index is 1.19. The van der Waals surface area contributed by atoms with Crippen LogP contribution in [0.3, 0.4) is 0 Å². The van der Waals surface area contributed by atoms with E-state index in [1.807, 2.05) is 61.7 Å². The molecule has 5 aromatic rings. The molecular formula is C49H52N2O5Si. The zero-order chi connectivity index (χ0) is 39.7. The number of carbonyl (C=O) groups excluding carboxylic acids is 2. The molecule has 0 saturated carbocycles. The molecule has 1 N–H and O–H groups in total. The predicted octanol–water partition coefficient (Wildman–Crippen LogP) is 8.56. The van der Waals surface area contributed by atoms with Gasteiger partial charge in [-0.3, -0.25) is 19.5 Å². The number of aromatic hydroxyl groups is 1. The molecule has 292 valence electrons. The van der Waals surface area contributed by atoms with Crippen LogP contribution in [0, 0.1) is 17.8 Å². The van der Waals surface area contributed by atoms with Gasteiger partial charge in [-0.25, -0.2) is 0 Å². The van der Waals surface area contributed by atoms with Gasteiger partial charge >= 0.3 is 0 Å². The van der Waals surface area contributed by atoms with E-state index < -0.39 is 20.2 Å². The zero-order valence-corrected chi connectivity index (χ0v) is 34.4. The zero-order valence-electron chi connectivity index (χ0n) is 33.4. The lowest BCUT2D eigenvalue weighted by molar-refractivity contribution is -0.140. The number of amides is 2. The minimum atomic E-state index is -2.91. The minimum Gasteiger partial charge on any atom is -0.507 e. The van der Waals surface area contributed by atoms with E-state index in [4.69, 9.17) is 14.1 Å². The van der Waals surface area contributed by atoms with Gasteiger partial charge < -0.3 is 14.3 Å². The lowest BCUT2D eigenvalue weighted by Gasteiger charge is -2.44. The number of ether oxygens (including phenoxy) is 1. The lowest BCUT2D eigenvalue weighted by Crippen LogP contribution is -2.66. The standard InChI is InChI=1S/C49H52N2O5Si/c1-5-28-51-47(53)40-30-35(31-56-57(49(2,3)4,36-16-8-6-9-17-36)37-18-10-7-11-19-37)45-41(46(40)48(51)54)32-55-44(45)26-24-34(42-22-14-15-27-50-42)29-33-23-25-43(52)39-21-13-12-20-38(33)39/h6-23,25,27,29,40-41,44,46,52H,5,24,26,28,30-32H2,1-4H3/b34-29-/t40-,41+,44-,46-/m1/s1. The topological polar surface area (TPSA) is 89.0 Å². The number of allylic oxidation sites excluding steroid dienone is 1. The Hall–Kier alpha value is -5.15. The van der Waals surface area contributed by atoms with Gasteiger partial charge in [-0.15, -0.1) is 0 Å². The summed E-state index contributed by atoms with van der Waals surface area (Å²) in [5.41, 5.74) is 5.18. The second kappa shape index (κ2) is 16.0. The molecule has 2 amide bonds. The Morgan fingerprint density at radius 2 is 1.53 bits per heavy atom. The Morgan fingerprint density at radius 3 is 2.18 bits per heavy atom. The smallest absolute Gasteiger partial charge is 0.261 e. The maximum absolute atomic E-state index is 14.1. The Kier molecular flexibility index (Phi) is 10.9. The first-order valence-corrected chi connectivity index (χ1v) is 22.3. The Labute approximate surface area is 337 Å². The molecular weight excluding hydrogens is 725 g/mol. The van der Waals surface area contributed by atoms with Gasteiger partial charge in [0.05, 0.1) is 36.8 Å². The fourth-order valence-electron chi connectivity index (χ4n) is 9.81. The molecule has 2 aliphatic heterocycles. The largest absolute Gasteiger partial charge is 0.507 e. The number of phenols is 1. The molecule has 0 unspecified atom stereocenters. The van der Waals surface area contributed by atoms with E-state index in [0.717, 1.165) is 45.2 Å². The quantitative estimate of drug-likeness (QED) is 0.0777. The highest BCUT2D eigenvalue weighted by atomic mass is 28.4. The van der Waals surface area contributed by atoms with Crippen LogP contribution < -0.4 is 10.4 Å². The van der Waals surface area contributed by atoms with Gasteiger partial charge in [0.1, 0.15) is 5.75 Å². The van der Waals surface area contributed by atoms with E-state index in [2.05, 4.69) is 87.5 Å². The summed E-state index contributed by atoms with van der Waals surface area (Å²) in [4.78, 5) is 34.3. The van der Waals surface area contributed by atoms with Gasteiger partial charge in [-0.2, -0.15) is 0 Å². The van der Waals surface area contributed by atoms with Gasteiger partial charge in [0.15, 0.2) is 0 Å². The van der Waals surface area contributed by atoms with Gasteiger partial charge in [0, 0.05) is 24.0 Å². The van der Waals surface area contributed by atoms with Crippen LogP contribution in [0.1, 0.15) is 64.6 Å². The minimum absolute atomic E-state index is 0.0566. The monoisotopic (exact) mass is 776 g/mol. The van der Waals surface area contributed by atoms with Crippen LogP contribution in [-0.4, -0.2) is 61.0 Å². The third-order valence-corrected chi connectivity index (χ3v) is 17.3. The molecule has 0 radical (unpaired) electrons. The summed E-state index contributed by atoms with van der Waals surface area (Å²) in [6.45, 7) is 10.1. The summed E-state index contributed by atoms with van der Waals surface area (Å²) < 4.78 is 14.3. The second-order valence-electron chi connectivity index (χ2n) is 16.7. The molecule has 0 bridgehead atoms. The van der Waals surface area contributed by atoms with Gasteiger partial charge in [-0.05, 0) is 93.0 Å². The highest BCUT2D eigenvalue weighted by Gasteiger charge is 2.57. The Morgan fingerprint density at radius 1 is 0.860 bits per heavy atom. The van der Waals surface area contributed by atoms with Crippen LogP contribution >= 0.6 is 0 Å². The molecule has 4 aromatic carbocycles. The molecule has 2 saturated heterocycles. The van der Waals surface area contributed by atoms with Crippen LogP contribution in [0.5, 0.6) is 5.75 Å². The number of rotatable bonds is 12. The maximum atomic E-state index is 14.1. The van der Waals surface area contributed by atoms with Crippen molar-refractivity contribution in [3.05, 3.63) is 144 Å². The van der Waals surface area contributed by atoms with E-state index in [1.54, 1.807) is 6.07 Å². The first kappa shape index (κ1) is 38.7. The molecule has 4 atom stereocenters. The summed E-state index contributed by atoms with van der Waals surface area (Å²) in [7, 11) is -2.91. The third-order valence-electron chi connectivity index (χ3n) is 12.4. The van der Waals surface area contributed by atoms with Crippen molar-refractivity contribution in [3.8, 4) is 5.75 Å². The first-order chi connectivity index (χ1) is 27.6. The van der Waals surface area contributed by atoms with Crippen LogP contribution in [0.25, 0.3) is 22.4 Å². The predicted molar refractivity (Wildman–Crippen MR) is 229 cm³/mol. The lowest BCUT2D eigenvalue weighted by atomic mass is 9.69. The number of aromatic nitrogens is 1. The molecule has 0 spiro atoms. The summed E-state index contributed by atoms with van der Waals surface area (Å²) in [5.74, 6) is -0.884.